The van der Waals surface area contributed by atoms with Gasteiger partial charge in [-0.3, -0.25) is 4.79 Å². The van der Waals surface area contributed by atoms with E-state index in [-0.39, 0.29) is 11.7 Å². The molecule has 23 heavy (non-hydrogen) atoms. The number of rotatable bonds is 5. The number of nitrogens with zero attached hydrogens (tertiary/aromatic N) is 1. The zero-order chi connectivity index (χ0) is 17.0. The average Bonchev–Trinajstić information content (AvgIpc) is 2.53. The van der Waals surface area contributed by atoms with Gasteiger partial charge in [-0.05, 0) is 23.3 Å². The van der Waals surface area contributed by atoms with Gasteiger partial charge in [-0.2, -0.15) is 0 Å². The monoisotopic (exact) mass is 331 g/mol. The first kappa shape index (κ1) is 17.2. The van der Waals surface area contributed by atoms with Crippen molar-refractivity contribution in [1.82, 2.24) is 0 Å². The maximum Gasteiger partial charge on any atom is 0.230 e. The van der Waals surface area contributed by atoms with Crippen LogP contribution >= 0.6 is 0 Å². The Balaban J connectivity index is 2.14. The number of hydrogen-bond donors (Lipinski definition) is 0. The predicted octanol–water partition coefficient (Wildman–Crippen LogP) is 3.00. The van der Waals surface area contributed by atoms with Crippen LogP contribution in [0.15, 0.2) is 54.6 Å². The normalized spacial score (nSPS) is 12.7. The summed E-state index contributed by atoms with van der Waals surface area (Å²) < 4.78 is 22.7. The Hall–Kier alpha value is -2.14. The van der Waals surface area contributed by atoms with Gasteiger partial charge >= 0.3 is 0 Å². The van der Waals surface area contributed by atoms with Crippen LogP contribution in [-0.4, -0.2) is 33.4 Å². The van der Waals surface area contributed by atoms with Crippen LogP contribution < -0.4 is 4.90 Å². The van der Waals surface area contributed by atoms with E-state index in [2.05, 4.69) is 0 Å². The van der Waals surface area contributed by atoms with Gasteiger partial charge in [0, 0.05) is 24.9 Å². The highest BCUT2D eigenvalue weighted by atomic mass is 32.2. The summed E-state index contributed by atoms with van der Waals surface area (Å²) in [7, 11) is -1.51. The van der Waals surface area contributed by atoms with Gasteiger partial charge in [0.15, 0.2) is 0 Å². The van der Waals surface area contributed by atoms with Crippen molar-refractivity contribution >= 4 is 21.4 Å². The van der Waals surface area contributed by atoms with Gasteiger partial charge in [0.2, 0.25) is 5.91 Å². The molecule has 0 aliphatic rings. The molecular weight excluding hydrogens is 310 g/mol. The number of amides is 1. The van der Waals surface area contributed by atoms with Crippen LogP contribution in [0, 0.1) is 5.92 Å². The third-order valence-corrected chi connectivity index (χ3v) is 4.77. The average molecular weight is 331 g/mol. The summed E-state index contributed by atoms with van der Waals surface area (Å²) >= 11 is 0. The molecule has 2 aromatic carbocycles. The Bertz CT molecular complexity index is 768. The highest BCUT2D eigenvalue weighted by molar-refractivity contribution is 7.90. The fraction of sp³-hybridized carbons (Fsp3) is 0.278. The Labute approximate surface area is 137 Å². The van der Waals surface area contributed by atoms with Crippen molar-refractivity contribution in [2.24, 2.45) is 5.92 Å². The van der Waals surface area contributed by atoms with E-state index < -0.39 is 15.8 Å². The molecular formula is C18H21NO3S. The van der Waals surface area contributed by atoms with Crippen LogP contribution in [0.2, 0.25) is 0 Å². The van der Waals surface area contributed by atoms with Gasteiger partial charge in [0.05, 0.1) is 5.75 Å². The minimum atomic E-state index is -3.17. The van der Waals surface area contributed by atoms with Crippen LogP contribution in [0.3, 0.4) is 0 Å². The van der Waals surface area contributed by atoms with Gasteiger partial charge < -0.3 is 4.90 Å². The minimum absolute atomic E-state index is 0.141. The maximum absolute atomic E-state index is 12.3. The maximum atomic E-state index is 12.3. The summed E-state index contributed by atoms with van der Waals surface area (Å²) in [5.74, 6) is -0.912. The third-order valence-electron chi connectivity index (χ3n) is 3.67. The molecule has 2 aromatic rings. The van der Waals surface area contributed by atoms with E-state index in [0.29, 0.717) is 0 Å². The molecule has 122 valence electrons. The molecule has 5 heteroatoms. The van der Waals surface area contributed by atoms with Crippen molar-refractivity contribution in [3.63, 3.8) is 0 Å². The lowest BCUT2D eigenvalue weighted by molar-refractivity contribution is -0.121. The molecule has 0 spiro atoms. The van der Waals surface area contributed by atoms with Gasteiger partial charge in [-0.15, -0.1) is 0 Å². The van der Waals surface area contributed by atoms with Crippen LogP contribution in [0.5, 0.6) is 0 Å². The molecule has 0 N–H and O–H groups in total. The van der Waals surface area contributed by atoms with Gasteiger partial charge in [0.1, 0.15) is 9.84 Å². The van der Waals surface area contributed by atoms with Crippen LogP contribution in [0.4, 0.5) is 5.69 Å². The van der Waals surface area contributed by atoms with Gasteiger partial charge in [-0.25, -0.2) is 8.42 Å². The van der Waals surface area contributed by atoms with Crippen molar-refractivity contribution in [2.45, 2.75) is 6.92 Å². The van der Waals surface area contributed by atoms with Crippen molar-refractivity contribution in [2.75, 3.05) is 24.0 Å². The lowest BCUT2D eigenvalue weighted by Gasteiger charge is -2.21. The number of anilines is 1. The molecule has 0 heterocycles. The lowest BCUT2D eigenvalue weighted by Crippen LogP contribution is -2.34. The van der Waals surface area contributed by atoms with Crippen molar-refractivity contribution in [3.05, 3.63) is 54.6 Å². The molecule has 1 atom stereocenters. The first-order valence-corrected chi connectivity index (χ1v) is 9.45. The molecule has 2 rings (SSSR count). The van der Waals surface area contributed by atoms with E-state index in [4.69, 9.17) is 0 Å². The third kappa shape index (κ3) is 4.66. The summed E-state index contributed by atoms with van der Waals surface area (Å²) in [5.41, 5.74) is 2.92. The summed E-state index contributed by atoms with van der Waals surface area (Å²) in [6, 6.07) is 17.6. The molecule has 0 aromatic heterocycles. The second kappa shape index (κ2) is 6.96. The SMILES string of the molecule is C[C@@H](CS(C)(=O)=O)C(=O)N(C)c1ccc(-c2ccccc2)cc1. The number of hydrogen-bond acceptors (Lipinski definition) is 3. The zero-order valence-corrected chi connectivity index (χ0v) is 14.4. The Morgan fingerprint density at radius 2 is 1.52 bits per heavy atom. The van der Waals surface area contributed by atoms with Crippen LogP contribution in [0.25, 0.3) is 11.1 Å². The highest BCUT2D eigenvalue weighted by Crippen LogP contribution is 2.23. The fourth-order valence-electron chi connectivity index (χ4n) is 2.49. The minimum Gasteiger partial charge on any atom is -0.315 e. The first-order chi connectivity index (χ1) is 10.8. The molecule has 0 saturated carbocycles. The quantitative estimate of drug-likeness (QED) is 0.846. The van der Waals surface area contributed by atoms with Crippen LogP contribution in [0.1, 0.15) is 6.92 Å². The first-order valence-electron chi connectivity index (χ1n) is 7.39. The van der Waals surface area contributed by atoms with E-state index in [1.807, 2.05) is 54.6 Å². The topological polar surface area (TPSA) is 54.5 Å². The molecule has 0 aliphatic carbocycles. The fourth-order valence-corrected chi connectivity index (χ4v) is 3.54. The largest absolute Gasteiger partial charge is 0.315 e. The second-order valence-electron chi connectivity index (χ2n) is 5.80. The lowest BCUT2D eigenvalue weighted by atomic mass is 10.1. The molecule has 0 radical (unpaired) electrons. The smallest absolute Gasteiger partial charge is 0.230 e. The molecule has 0 bridgehead atoms. The Morgan fingerprint density at radius 1 is 1.00 bits per heavy atom. The summed E-state index contributed by atoms with van der Waals surface area (Å²) in [4.78, 5) is 13.8. The second-order valence-corrected chi connectivity index (χ2v) is 7.99. The number of benzene rings is 2. The highest BCUT2D eigenvalue weighted by Gasteiger charge is 2.22. The van der Waals surface area contributed by atoms with E-state index in [9.17, 15) is 13.2 Å². The summed E-state index contributed by atoms with van der Waals surface area (Å²) in [6.45, 7) is 1.64. The zero-order valence-electron chi connectivity index (χ0n) is 13.6. The van der Waals surface area contributed by atoms with Crippen molar-refractivity contribution in [1.29, 1.82) is 0 Å². The molecule has 0 unspecified atom stereocenters. The molecule has 1 amide bonds. The van der Waals surface area contributed by atoms with Crippen molar-refractivity contribution in [3.8, 4) is 11.1 Å². The molecule has 0 aliphatic heterocycles. The molecule has 0 fully saturated rings. The molecule has 0 saturated heterocycles. The predicted molar refractivity (Wildman–Crippen MR) is 94.2 cm³/mol. The number of carbonyl (C=O) groups excluding carboxylic acids is 1. The molecule has 4 nitrogen and oxygen atoms in total. The van der Waals surface area contributed by atoms with Gasteiger partial charge in [-0.1, -0.05) is 49.4 Å². The van der Waals surface area contributed by atoms with E-state index in [0.717, 1.165) is 23.1 Å². The van der Waals surface area contributed by atoms with E-state index in [1.165, 1.54) is 4.90 Å². The van der Waals surface area contributed by atoms with Crippen LogP contribution in [-0.2, 0) is 14.6 Å². The summed E-state index contributed by atoms with van der Waals surface area (Å²) in [6.07, 6.45) is 1.14. The Morgan fingerprint density at radius 3 is 2.04 bits per heavy atom. The number of carbonyl (C=O) groups is 1. The van der Waals surface area contributed by atoms with Gasteiger partial charge in [0.25, 0.3) is 0 Å². The summed E-state index contributed by atoms with van der Waals surface area (Å²) in [5, 5.41) is 0. The van der Waals surface area contributed by atoms with E-state index >= 15 is 0 Å². The number of sulfone groups is 1. The van der Waals surface area contributed by atoms with Crippen molar-refractivity contribution < 1.29 is 13.2 Å². The Kier molecular flexibility index (Phi) is 5.21. The van der Waals surface area contributed by atoms with E-state index in [1.54, 1.807) is 14.0 Å². The standard InChI is InChI=1S/C18H21NO3S/c1-14(13-23(3,21)22)18(20)19(2)17-11-9-16(10-12-17)15-7-5-4-6-8-15/h4-12,14H,13H2,1-3H3/t14-/m0/s1.